The van der Waals surface area contributed by atoms with Crippen LogP contribution in [0.5, 0.6) is 0 Å². The molecular weight excluding hydrogens is 665 g/mol. The Hall–Kier alpha value is -2.41. The van der Waals surface area contributed by atoms with Crippen molar-refractivity contribution >= 4 is 50.7 Å². The topological polar surface area (TPSA) is 69.7 Å². The Balaban J connectivity index is 0.000000541. The van der Waals surface area contributed by atoms with Gasteiger partial charge in [0.25, 0.3) is 0 Å². The van der Waals surface area contributed by atoms with Crippen LogP contribution in [0.1, 0.15) is 45.0 Å². The molecule has 3 aliphatic heterocycles. The standard InChI is InChI=1S/C29H36BrN2O2S2.C2HF3O2/c1-21-12-16-35-28(21)19-31(18-25-17-26(30)22(2)36-25)29(33)34-27-20-32(14-10-24(27)11-15-32)13-6-9-23-7-4-3-5-8-23;3-2(4,5)1(6)7/h3-5,7-8,12,16-17,24,27H,6,9-11,13-15,18-20H2,1-2H3;(H,6,7)/q+1;/p-1/t24?,27-,32?;/m0./s1. The molecule has 1 amide bonds. The van der Waals surface area contributed by atoms with Crippen molar-refractivity contribution in [1.82, 2.24) is 4.90 Å². The molecule has 12 heteroatoms. The van der Waals surface area contributed by atoms with Crippen LogP contribution in [-0.2, 0) is 29.0 Å². The normalized spacial score (nSPS) is 21.2. The van der Waals surface area contributed by atoms with Crippen LogP contribution >= 0.6 is 38.6 Å². The lowest BCUT2D eigenvalue weighted by atomic mass is 9.83. The number of hydrogen-bond donors (Lipinski definition) is 0. The second-order valence-corrected chi connectivity index (χ2v) is 14.5. The van der Waals surface area contributed by atoms with Crippen molar-refractivity contribution in [2.24, 2.45) is 5.92 Å². The number of halogens is 4. The highest BCUT2D eigenvalue weighted by Gasteiger charge is 2.47. The molecule has 6 nitrogen and oxygen atoms in total. The van der Waals surface area contributed by atoms with E-state index in [1.54, 1.807) is 22.7 Å². The lowest BCUT2D eigenvalue weighted by Gasteiger charge is -2.52. The van der Waals surface area contributed by atoms with E-state index >= 15 is 0 Å². The molecule has 6 rings (SSSR count). The van der Waals surface area contributed by atoms with Gasteiger partial charge in [0, 0.05) is 44.3 Å². The van der Waals surface area contributed by atoms with Crippen LogP contribution in [0.4, 0.5) is 18.0 Å². The van der Waals surface area contributed by atoms with E-state index in [4.69, 9.17) is 14.6 Å². The van der Waals surface area contributed by atoms with Gasteiger partial charge >= 0.3 is 12.3 Å². The lowest BCUT2D eigenvalue weighted by molar-refractivity contribution is -0.946. The zero-order valence-electron chi connectivity index (χ0n) is 24.2. The Kier molecular flexibility index (Phi) is 11.4. The number of thiophene rings is 2. The number of quaternary nitrogens is 1. The van der Waals surface area contributed by atoms with Gasteiger partial charge < -0.3 is 19.1 Å². The van der Waals surface area contributed by atoms with Gasteiger partial charge in [-0.15, -0.1) is 22.7 Å². The van der Waals surface area contributed by atoms with Gasteiger partial charge in [-0.2, -0.15) is 13.2 Å². The molecule has 0 N–H and O–H groups in total. The number of rotatable bonds is 9. The van der Waals surface area contributed by atoms with Crippen LogP contribution in [0.2, 0.25) is 0 Å². The third kappa shape index (κ3) is 9.29. The molecule has 0 unspecified atom stereocenters. The number of amides is 1. The van der Waals surface area contributed by atoms with Gasteiger partial charge in [-0.3, -0.25) is 4.90 Å². The number of carboxylic acid groups (broad SMARTS) is 1. The Bertz CT molecular complexity index is 1350. The molecule has 2 bridgehead atoms. The number of carbonyl (C=O) groups excluding carboxylic acids is 2. The molecule has 0 saturated carbocycles. The first-order valence-corrected chi connectivity index (χ1v) is 16.7. The molecule has 234 valence electrons. The number of benzene rings is 1. The molecule has 0 aliphatic carbocycles. The lowest BCUT2D eigenvalue weighted by Crippen LogP contribution is -2.65. The molecule has 0 spiro atoms. The second kappa shape index (κ2) is 14.6. The van der Waals surface area contributed by atoms with Crippen molar-refractivity contribution in [3.05, 3.63) is 78.1 Å². The Morgan fingerprint density at radius 2 is 1.79 bits per heavy atom. The van der Waals surface area contributed by atoms with Crippen LogP contribution in [0.3, 0.4) is 0 Å². The third-order valence-electron chi connectivity index (χ3n) is 8.28. The average molecular weight is 702 g/mol. The Morgan fingerprint density at radius 3 is 2.35 bits per heavy atom. The van der Waals surface area contributed by atoms with Crippen molar-refractivity contribution in [3.8, 4) is 0 Å². The molecule has 3 saturated heterocycles. The van der Waals surface area contributed by atoms with Gasteiger partial charge in [0.15, 0.2) is 6.10 Å². The fourth-order valence-corrected chi connectivity index (χ4v) is 8.38. The first-order chi connectivity index (χ1) is 20.3. The molecule has 3 aromatic rings. The van der Waals surface area contributed by atoms with Crippen molar-refractivity contribution in [2.75, 3.05) is 26.2 Å². The number of nitrogens with zero attached hydrogens (tertiary/aromatic N) is 2. The maximum absolute atomic E-state index is 13.6. The summed E-state index contributed by atoms with van der Waals surface area (Å²) in [5.41, 5.74) is 2.66. The fraction of sp³-hybridized carbons (Fsp3) is 0.484. The predicted octanol–water partition coefficient (Wildman–Crippen LogP) is 6.87. The van der Waals surface area contributed by atoms with E-state index in [2.05, 4.69) is 77.6 Å². The van der Waals surface area contributed by atoms with Gasteiger partial charge in [0.05, 0.1) is 32.7 Å². The highest BCUT2D eigenvalue weighted by Crippen LogP contribution is 2.37. The van der Waals surface area contributed by atoms with Gasteiger partial charge in [-0.05, 0) is 64.8 Å². The summed E-state index contributed by atoms with van der Waals surface area (Å²) in [5, 5.41) is 10.9. The van der Waals surface area contributed by atoms with Gasteiger partial charge in [-0.25, -0.2) is 4.79 Å². The summed E-state index contributed by atoms with van der Waals surface area (Å²) in [6.07, 6.45) is -0.675. The summed E-state index contributed by atoms with van der Waals surface area (Å²) in [6, 6.07) is 15.1. The van der Waals surface area contributed by atoms with E-state index in [1.807, 2.05) is 4.90 Å². The first kappa shape index (κ1) is 33.5. The SMILES string of the molecule is Cc1ccsc1CN(Cc1cc(Br)c(C)s1)C(=O)O[C@H]1C[N+]2(CCCc3ccccc3)CCC1CC2.O=C([O-])C(F)(F)F. The highest BCUT2D eigenvalue weighted by molar-refractivity contribution is 9.10. The number of hydrogen-bond acceptors (Lipinski definition) is 6. The molecule has 2 aromatic heterocycles. The number of piperidine rings is 3. The van der Waals surface area contributed by atoms with E-state index < -0.39 is 12.1 Å². The van der Waals surface area contributed by atoms with Gasteiger partial charge in [0.1, 0.15) is 12.5 Å². The molecule has 5 heterocycles. The van der Waals surface area contributed by atoms with Crippen molar-refractivity contribution in [3.63, 3.8) is 0 Å². The summed E-state index contributed by atoms with van der Waals surface area (Å²) < 4.78 is 40.1. The first-order valence-electron chi connectivity index (χ1n) is 14.3. The largest absolute Gasteiger partial charge is 0.542 e. The van der Waals surface area contributed by atoms with E-state index in [-0.39, 0.29) is 12.2 Å². The minimum absolute atomic E-state index is 0.0282. The minimum Gasteiger partial charge on any atom is -0.542 e. The van der Waals surface area contributed by atoms with E-state index in [0.717, 1.165) is 21.9 Å². The van der Waals surface area contributed by atoms with Crippen LogP contribution in [0.25, 0.3) is 0 Å². The summed E-state index contributed by atoms with van der Waals surface area (Å²) in [6.45, 7) is 10.0. The molecule has 1 atom stereocenters. The summed E-state index contributed by atoms with van der Waals surface area (Å²) in [4.78, 5) is 28.0. The highest BCUT2D eigenvalue weighted by atomic mass is 79.9. The molecule has 3 fully saturated rings. The smallest absolute Gasteiger partial charge is 0.430 e. The maximum Gasteiger partial charge on any atom is 0.430 e. The number of carboxylic acids is 1. The summed E-state index contributed by atoms with van der Waals surface area (Å²) in [7, 11) is 0. The van der Waals surface area contributed by atoms with E-state index in [0.29, 0.717) is 19.0 Å². The number of aliphatic carboxylic acids is 1. The summed E-state index contributed by atoms with van der Waals surface area (Å²) >= 11 is 7.10. The zero-order chi connectivity index (χ0) is 31.2. The van der Waals surface area contributed by atoms with Gasteiger partial charge in [0.2, 0.25) is 0 Å². The molecule has 0 radical (unpaired) electrons. The van der Waals surface area contributed by atoms with Crippen LogP contribution in [0, 0.1) is 19.8 Å². The number of aryl methyl sites for hydroxylation is 3. The van der Waals surface area contributed by atoms with Crippen molar-refractivity contribution in [1.29, 1.82) is 0 Å². The van der Waals surface area contributed by atoms with E-state index in [9.17, 15) is 18.0 Å². The summed E-state index contributed by atoms with van der Waals surface area (Å²) in [5.74, 6) is -2.50. The number of alkyl halides is 3. The monoisotopic (exact) mass is 700 g/mol. The molecular formula is C31H36BrF3N2O4S2. The number of ether oxygens (including phenoxy) is 1. The average Bonchev–Trinajstić information content (AvgIpc) is 3.52. The van der Waals surface area contributed by atoms with Crippen molar-refractivity contribution < 1.29 is 37.1 Å². The predicted molar refractivity (Wildman–Crippen MR) is 164 cm³/mol. The second-order valence-electron chi connectivity index (χ2n) is 11.3. The quantitative estimate of drug-likeness (QED) is 0.229. The fourth-order valence-electron chi connectivity index (χ4n) is 5.84. The van der Waals surface area contributed by atoms with Crippen LogP contribution in [0.15, 0.2) is 52.3 Å². The number of fused-ring (bicyclic) bond motifs is 3. The third-order valence-corrected chi connectivity index (χ3v) is 11.4. The zero-order valence-corrected chi connectivity index (χ0v) is 27.4. The number of carbonyl (C=O) groups is 2. The van der Waals surface area contributed by atoms with E-state index in [1.165, 1.54) is 64.7 Å². The van der Waals surface area contributed by atoms with Crippen molar-refractivity contribution in [2.45, 2.75) is 64.9 Å². The molecule has 43 heavy (non-hydrogen) atoms. The molecule has 3 aliphatic rings. The Labute approximate surface area is 266 Å². The maximum atomic E-state index is 13.6. The minimum atomic E-state index is -5.19. The molecule has 1 aromatic carbocycles. The van der Waals surface area contributed by atoms with Gasteiger partial charge in [-0.1, -0.05) is 30.3 Å². The van der Waals surface area contributed by atoms with Crippen LogP contribution in [-0.4, -0.2) is 59.9 Å². The Morgan fingerprint density at radius 1 is 1.12 bits per heavy atom. The van der Waals surface area contributed by atoms with Crippen LogP contribution < -0.4 is 5.11 Å².